The first-order valence-corrected chi connectivity index (χ1v) is 6.81. The molecule has 1 rings (SSSR count). The van der Waals surface area contributed by atoms with Crippen LogP contribution in [0.4, 0.5) is 10.5 Å². The fourth-order valence-corrected chi connectivity index (χ4v) is 1.86. The third-order valence-electron chi connectivity index (χ3n) is 2.88. The van der Waals surface area contributed by atoms with Gasteiger partial charge in [-0.25, -0.2) is 4.79 Å². The van der Waals surface area contributed by atoms with E-state index in [4.69, 9.17) is 5.11 Å². The topological polar surface area (TPSA) is 95.5 Å². The first kappa shape index (κ1) is 16.7. The average molecular weight is 292 g/mol. The molecule has 6 heteroatoms. The molecule has 21 heavy (non-hydrogen) atoms. The number of amides is 3. The second-order valence-electron chi connectivity index (χ2n) is 4.99. The van der Waals surface area contributed by atoms with Gasteiger partial charge in [-0.1, -0.05) is 32.0 Å². The van der Waals surface area contributed by atoms with Gasteiger partial charge in [0.15, 0.2) is 0 Å². The molecular formula is C15H20N2O4. The third kappa shape index (κ3) is 6.07. The molecule has 0 heterocycles. The number of aliphatic carboxylic acids is 1. The minimum atomic E-state index is -0.960. The Hall–Kier alpha value is -2.37. The minimum absolute atomic E-state index is 0.00550. The van der Waals surface area contributed by atoms with E-state index in [1.54, 1.807) is 12.1 Å². The number of carboxylic acids is 1. The van der Waals surface area contributed by atoms with Gasteiger partial charge in [-0.15, -0.1) is 0 Å². The highest BCUT2D eigenvalue weighted by Crippen LogP contribution is 2.23. The lowest BCUT2D eigenvalue weighted by Gasteiger charge is -2.13. The van der Waals surface area contributed by atoms with E-state index in [9.17, 15) is 14.4 Å². The van der Waals surface area contributed by atoms with Crippen LogP contribution in [0.3, 0.4) is 0 Å². The van der Waals surface area contributed by atoms with Crippen LogP contribution in [0.5, 0.6) is 0 Å². The Balaban J connectivity index is 2.50. The number of hydrogen-bond acceptors (Lipinski definition) is 3. The molecule has 1 aromatic rings. The van der Waals surface area contributed by atoms with Crippen molar-refractivity contribution in [2.45, 2.75) is 39.0 Å². The van der Waals surface area contributed by atoms with Crippen LogP contribution < -0.4 is 10.6 Å². The standard InChI is InChI=1S/C15H20N2O4/c1-10(2)11-6-3-4-7-12(11)16-15(21)17-13(18)8-5-9-14(19)20/h3-4,6-7,10H,5,8-9H2,1-2H3,(H,19,20)(H2,16,17,18,21). The first-order chi connectivity index (χ1) is 9.90. The maximum Gasteiger partial charge on any atom is 0.325 e. The summed E-state index contributed by atoms with van der Waals surface area (Å²) < 4.78 is 0. The second kappa shape index (κ2) is 8.04. The maximum absolute atomic E-state index is 11.7. The average Bonchev–Trinajstić information content (AvgIpc) is 2.38. The number of carbonyl (C=O) groups excluding carboxylic acids is 2. The summed E-state index contributed by atoms with van der Waals surface area (Å²) in [6.07, 6.45) is 0.119. The Morgan fingerprint density at radius 3 is 2.43 bits per heavy atom. The van der Waals surface area contributed by atoms with E-state index in [0.29, 0.717) is 5.69 Å². The minimum Gasteiger partial charge on any atom is -0.481 e. The lowest BCUT2D eigenvalue weighted by Crippen LogP contribution is -2.34. The molecule has 3 amide bonds. The molecule has 0 saturated carbocycles. The van der Waals surface area contributed by atoms with Crippen LogP contribution in [-0.4, -0.2) is 23.0 Å². The highest BCUT2D eigenvalue weighted by atomic mass is 16.4. The zero-order chi connectivity index (χ0) is 15.8. The normalized spacial score (nSPS) is 10.2. The second-order valence-corrected chi connectivity index (χ2v) is 4.99. The highest BCUT2D eigenvalue weighted by molar-refractivity contribution is 6.01. The quantitative estimate of drug-likeness (QED) is 0.751. The van der Waals surface area contributed by atoms with Crippen molar-refractivity contribution in [2.75, 3.05) is 5.32 Å². The van der Waals surface area contributed by atoms with Gasteiger partial charge in [0, 0.05) is 18.5 Å². The summed E-state index contributed by atoms with van der Waals surface area (Å²) in [7, 11) is 0. The van der Waals surface area contributed by atoms with Crippen LogP contribution in [-0.2, 0) is 9.59 Å². The summed E-state index contributed by atoms with van der Waals surface area (Å²) in [5.41, 5.74) is 1.63. The largest absolute Gasteiger partial charge is 0.481 e. The van der Waals surface area contributed by atoms with Crippen molar-refractivity contribution in [2.24, 2.45) is 0 Å². The van der Waals surface area contributed by atoms with E-state index in [0.717, 1.165) is 5.56 Å². The van der Waals surface area contributed by atoms with Crippen molar-refractivity contribution in [3.05, 3.63) is 29.8 Å². The van der Waals surface area contributed by atoms with Gasteiger partial charge in [0.1, 0.15) is 0 Å². The third-order valence-corrected chi connectivity index (χ3v) is 2.88. The van der Waals surface area contributed by atoms with Crippen LogP contribution in [0.25, 0.3) is 0 Å². The summed E-state index contributed by atoms with van der Waals surface area (Å²) in [5, 5.41) is 13.3. The number of benzene rings is 1. The molecule has 0 unspecified atom stereocenters. The van der Waals surface area contributed by atoms with E-state index < -0.39 is 17.9 Å². The number of carboxylic acid groups (broad SMARTS) is 1. The Labute approximate surface area is 123 Å². The number of urea groups is 1. The molecule has 0 aliphatic carbocycles. The van der Waals surface area contributed by atoms with Gasteiger partial charge in [0.25, 0.3) is 0 Å². The van der Waals surface area contributed by atoms with Crippen LogP contribution in [0, 0.1) is 0 Å². The number of para-hydroxylation sites is 1. The van der Waals surface area contributed by atoms with E-state index in [1.165, 1.54) is 0 Å². The maximum atomic E-state index is 11.7. The molecule has 0 saturated heterocycles. The highest BCUT2D eigenvalue weighted by Gasteiger charge is 2.11. The molecule has 0 fully saturated rings. The number of rotatable bonds is 6. The lowest BCUT2D eigenvalue weighted by molar-refractivity contribution is -0.137. The summed E-state index contributed by atoms with van der Waals surface area (Å²) in [4.78, 5) is 33.5. The molecule has 0 aliphatic heterocycles. The number of carbonyl (C=O) groups is 3. The van der Waals surface area contributed by atoms with Crippen LogP contribution in [0.15, 0.2) is 24.3 Å². The molecular weight excluding hydrogens is 272 g/mol. The van der Waals surface area contributed by atoms with Gasteiger partial charge in [-0.3, -0.25) is 14.9 Å². The molecule has 1 aromatic carbocycles. The van der Waals surface area contributed by atoms with Crippen LogP contribution in [0.2, 0.25) is 0 Å². The van der Waals surface area contributed by atoms with Crippen molar-refractivity contribution in [3.8, 4) is 0 Å². The summed E-state index contributed by atoms with van der Waals surface area (Å²) >= 11 is 0. The predicted octanol–water partition coefficient (Wildman–Crippen LogP) is 2.71. The SMILES string of the molecule is CC(C)c1ccccc1NC(=O)NC(=O)CCCC(=O)O. The first-order valence-electron chi connectivity index (χ1n) is 6.81. The summed E-state index contributed by atoms with van der Waals surface area (Å²) in [6, 6.07) is 6.76. The molecule has 0 atom stereocenters. The lowest BCUT2D eigenvalue weighted by atomic mass is 10.0. The van der Waals surface area contributed by atoms with E-state index in [-0.39, 0.29) is 25.2 Å². The van der Waals surface area contributed by atoms with Gasteiger partial charge in [0.05, 0.1) is 0 Å². The van der Waals surface area contributed by atoms with Gasteiger partial charge < -0.3 is 10.4 Å². The molecule has 114 valence electrons. The predicted molar refractivity (Wildman–Crippen MR) is 79.2 cm³/mol. The van der Waals surface area contributed by atoms with E-state index in [2.05, 4.69) is 10.6 Å². The molecule has 6 nitrogen and oxygen atoms in total. The number of imide groups is 1. The number of nitrogens with one attached hydrogen (secondary N) is 2. The molecule has 0 bridgehead atoms. The molecule has 0 aliphatic rings. The van der Waals surface area contributed by atoms with Crippen molar-refractivity contribution < 1.29 is 19.5 Å². The van der Waals surface area contributed by atoms with Gasteiger partial charge in [-0.05, 0) is 24.0 Å². The van der Waals surface area contributed by atoms with Gasteiger partial charge in [0.2, 0.25) is 5.91 Å². The van der Waals surface area contributed by atoms with Gasteiger partial charge >= 0.3 is 12.0 Å². The van der Waals surface area contributed by atoms with Crippen LogP contribution >= 0.6 is 0 Å². The number of hydrogen-bond donors (Lipinski definition) is 3. The Bertz CT molecular complexity index is 526. The van der Waals surface area contributed by atoms with Crippen LogP contribution in [0.1, 0.15) is 44.6 Å². The van der Waals surface area contributed by atoms with Gasteiger partial charge in [-0.2, -0.15) is 0 Å². The fourth-order valence-electron chi connectivity index (χ4n) is 1.86. The Morgan fingerprint density at radius 1 is 1.14 bits per heavy atom. The molecule has 0 spiro atoms. The van der Waals surface area contributed by atoms with E-state index >= 15 is 0 Å². The Kier molecular flexibility index (Phi) is 6.39. The van der Waals surface area contributed by atoms with Crippen molar-refractivity contribution in [1.82, 2.24) is 5.32 Å². The monoisotopic (exact) mass is 292 g/mol. The Morgan fingerprint density at radius 2 is 1.81 bits per heavy atom. The van der Waals surface area contributed by atoms with Crippen molar-refractivity contribution in [3.63, 3.8) is 0 Å². The van der Waals surface area contributed by atoms with Crippen molar-refractivity contribution in [1.29, 1.82) is 0 Å². The molecule has 0 radical (unpaired) electrons. The fraction of sp³-hybridized carbons (Fsp3) is 0.400. The summed E-state index contributed by atoms with van der Waals surface area (Å²) in [5.74, 6) is -1.21. The zero-order valence-corrected chi connectivity index (χ0v) is 12.2. The smallest absolute Gasteiger partial charge is 0.325 e. The number of anilines is 1. The van der Waals surface area contributed by atoms with Crippen molar-refractivity contribution >= 4 is 23.6 Å². The molecule has 3 N–H and O–H groups in total. The van der Waals surface area contributed by atoms with E-state index in [1.807, 2.05) is 26.0 Å². The molecule has 0 aromatic heterocycles. The zero-order valence-electron chi connectivity index (χ0n) is 12.2. The summed E-state index contributed by atoms with van der Waals surface area (Å²) in [6.45, 7) is 4.02.